The Labute approximate surface area is 173 Å². The summed E-state index contributed by atoms with van der Waals surface area (Å²) >= 11 is 1.14. The molecule has 0 radical (unpaired) electrons. The third kappa shape index (κ3) is 5.84. The van der Waals surface area contributed by atoms with E-state index in [4.69, 9.17) is 0 Å². The summed E-state index contributed by atoms with van der Waals surface area (Å²) in [5, 5.41) is 11.5. The van der Waals surface area contributed by atoms with Crippen molar-refractivity contribution in [2.24, 2.45) is 0 Å². The van der Waals surface area contributed by atoms with Crippen LogP contribution in [0.2, 0.25) is 0 Å². The van der Waals surface area contributed by atoms with E-state index in [1.54, 1.807) is 36.4 Å². The van der Waals surface area contributed by atoms with Gasteiger partial charge in [-0.25, -0.2) is 0 Å². The lowest BCUT2D eigenvalue weighted by Gasteiger charge is -1.98. The van der Waals surface area contributed by atoms with Crippen LogP contribution in [0.3, 0.4) is 0 Å². The topological polar surface area (TPSA) is 60.2 Å². The lowest BCUT2D eigenvalue weighted by Crippen LogP contribution is -1.93. The van der Waals surface area contributed by atoms with Gasteiger partial charge in [0.05, 0.1) is 4.92 Å². The van der Waals surface area contributed by atoms with Gasteiger partial charge >= 0.3 is 0 Å². The first-order valence-corrected chi connectivity index (χ1v) is 9.49. The van der Waals surface area contributed by atoms with Crippen LogP contribution in [0.25, 0.3) is 0 Å². The van der Waals surface area contributed by atoms with E-state index < -0.39 is 4.92 Å². The van der Waals surface area contributed by atoms with Gasteiger partial charge in [-0.3, -0.25) is 14.9 Å². The van der Waals surface area contributed by atoms with Crippen LogP contribution in [0.15, 0.2) is 77.7 Å². The van der Waals surface area contributed by atoms with Gasteiger partial charge < -0.3 is 0 Å². The van der Waals surface area contributed by atoms with Gasteiger partial charge in [0.1, 0.15) is 5.56 Å². The normalized spacial score (nSPS) is 9.55. The average molecular weight is 397 g/mol. The van der Waals surface area contributed by atoms with Gasteiger partial charge in [-0.05, 0) is 48.5 Å². The molecule has 0 aromatic heterocycles. The maximum absolute atomic E-state index is 11.5. The highest BCUT2D eigenvalue weighted by molar-refractivity contribution is 8.13. The summed E-state index contributed by atoms with van der Waals surface area (Å²) in [5.41, 5.74) is 2.34. The lowest BCUT2D eigenvalue weighted by molar-refractivity contribution is -0.385. The van der Waals surface area contributed by atoms with Crippen LogP contribution in [0.1, 0.15) is 29.2 Å². The minimum atomic E-state index is -0.454. The molecule has 0 atom stereocenters. The maximum atomic E-state index is 11.5. The molecule has 0 aliphatic rings. The van der Waals surface area contributed by atoms with E-state index in [1.807, 2.05) is 30.3 Å². The van der Waals surface area contributed by atoms with Crippen molar-refractivity contribution in [2.45, 2.75) is 11.8 Å². The number of nitro benzene ring substituents is 1. The standard InChI is InChI=1S/C24H15NO3S/c1-18(26)29-23-15-11-20(12-16-23)9-13-22-14-10-21(17-24(22)25(27)28)8-7-19-5-3-2-4-6-19/h2-6,10-12,14-17H,1H3. The highest BCUT2D eigenvalue weighted by Crippen LogP contribution is 2.21. The van der Waals surface area contributed by atoms with Crippen LogP contribution in [0, 0.1) is 33.8 Å². The Morgan fingerprint density at radius 3 is 2.07 bits per heavy atom. The second-order valence-electron chi connectivity index (χ2n) is 5.97. The Balaban J connectivity index is 1.85. The molecule has 0 aliphatic heterocycles. The molecule has 0 bridgehead atoms. The number of rotatable bonds is 2. The van der Waals surface area contributed by atoms with Gasteiger partial charge in [-0.15, -0.1) is 0 Å². The fourth-order valence-electron chi connectivity index (χ4n) is 2.44. The molecule has 0 fully saturated rings. The third-order valence-electron chi connectivity index (χ3n) is 3.78. The zero-order valence-electron chi connectivity index (χ0n) is 15.5. The molecule has 0 spiro atoms. The van der Waals surface area contributed by atoms with Crippen molar-refractivity contribution in [3.05, 3.63) is 105 Å². The summed E-state index contributed by atoms with van der Waals surface area (Å²) in [6, 6.07) is 21.4. The number of benzene rings is 3. The Hall–Kier alpha value is -3.80. The Morgan fingerprint density at radius 2 is 1.41 bits per heavy atom. The van der Waals surface area contributed by atoms with Crippen molar-refractivity contribution in [2.75, 3.05) is 0 Å². The minimum Gasteiger partial charge on any atom is -0.287 e. The first-order chi connectivity index (χ1) is 14.0. The molecule has 5 heteroatoms. The molecule has 4 nitrogen and oxygen atoms in total. The zero-order chi connectivity index (χ0) is 20.6. The van der Waals surface area contributed by atoms with Crippen molar-refractivity contribution in [1.29, 1.82) is 0 Å². The molecule has 3 aromatic carbocycles. The molecule has 0 unspecified atom stereocenters. The van der Waals surface area contributed by atoms with E-state index >= 15 is 0 Å². The molecule has 0 amide bonds. The van der Waals surface area contributed by atoms with E-state index in [-0.39, 0.29) is 10.8 Å². The SMILES string of the molecule is CC(=O)Sc1ccc(C#Cc2ccc(C#Cc3ccccc3)cc2[N+](=O)[O-])cc1. The molecule has 3 rings (SSSR count). The Kier molecular flexibility index (Phi) is 6.47. The van der Waals surface area contributed by atoms with Gasteiger partial charge in [0, 0.05) is 34.6 Å². The highest BCUT2D eigenvalue weighted by Gasteiger charge is 2.12. The summed E-state index contributed by atoms with van der Waals surface area (Å²) in [5.74, 6) is 11.7. The number of hydrogen-bond donors (Lipinski definition) is 0. The van der Waals surface area contributed by atoms with Crippen LogP contribution in [0.5, 0.6) is 0 Å². The summed E-state index contributed by atoms with van der Waals surface area (Å²) in [7, 11) is 0. The summed E-state index contributed by atoms with van der Waals surface area (Å²) in [4.78, 5) is 23.0. The third-order valence-corrected chi connectivity index (χ3v) is 4.57. The van der Waals surface area contributed by atoms with Crippen LogP contribution in [-0.4, -0.2) is 10.0 Å². The second-order valence-corrected chi connectivity index (χ2v) is 7.22. The molecule has 3 aromatic rings. The van der Waals surface area contributed by atoms with E-state index in [0.717, 1.165) is 22.2 Å². The largest absolute Gasteiger partial charge is 0.287 e. The minimum absolute atomic E-state index is 0.00918. The van der Waals surface area contributed by atoms with Gasteiger partial charge in [0.15, 0.2) is 5.12 Å². The molecular formula is C24H15NO3S. The smallest absolute Gasteiger partial charge is 0.286 e. The van der Waals surface area contributed by atoms with E-state index in [1.165, 1.54) is 13.0 Å². The molecule has 0 N–H and O–H groups in total. The predicted molar refractivity (Wildman–Crippen MR) is 114 cm³/mol. The molecule has 0 aliphatic carbocycles. The van der Waals surface area contributed by atoms with Crippen LogP contribution in [0.4, 0.5) is 5.69 Å². The molecule has 29 heavy (non-hydrogen) atoms. The molecule has 140 valence electrons. The molecule has 0 saturated heterocycles. The molecular weight excluding hydrogens is 382 g/mol. The second kappa shape index (κ2) is 9.41. The molecule has 0 saturated carbocycles. The van der Waals surface area contributed by atoms with Crippen LogP contribution < -0.4 is 0 Å². The Morgan fingerprint density at radius 1 is 0.828 bits per heavy atom. The number of nitro groups is 1. The van der Waals surface area contributed by atoms with Crippen molar-refractivity contribution in [1.82, 2.24) is 0 Å². The number of hydrogen-bond acceptors (Lipinski definition) is 4. The average Bonchev–Trinajstić information content (AvgIpc) is 2.72. The number of nitrogens with zero attached hydrogens (tertiary/aromatic N) is 1. The number of carbonyl (C=O) groups is 1. The first kappa shape index (κ1) is 19.9. The van der Waals surface area contributed by atoms with Gasteiger partial charge in [-0.2, -0.15) is 0 Å². The van der Waals surface area contributed by atoms with Crippen molar-refractivity contribution in [3.8, 4) is 23.7 Å². The number of thioether (sulfide) groups is 1. The maximum Gasteiger partial charge on any atom is 0.286 e. The fourth-order valence-corrected chi connectivity index (χ4v) is 3.05. The van der Waals surface area contributed by atoms with Crippen LogP contribution >= 0.6 is 11.8 Å². The first-order valence-electron chi connectivity index (χ1n) is 8.67. The number of carbonyl (C=O) groups excluding carboxylic acids is 1. The predicted octanol–water partition coefficient (Wildman–Crippen LogP) is 5.03. The lowest BCUT2D eigenvalue weighted by atomic mass is 10.1. The summed E-state index contributed by atoms with van der Waals surface area (Å²) in [6.07, 6.45) is 0. The zero-order valence-corrected chi connectivity index (χ0v) is 16.3. The highest BCUT2D eigenvalue weighted by atomic mass is 32.2. The van der Waals surface area contributed by atoms with Crippen molar-refractivity contribution in [3.63, 3.8) is 0 Å². The fraction of sp³-hybridized carbons (Fsp3) is 0.0417. The van der Waals surface area contributed by atoms with Crippen molar-refractivity contribution >= 4 is 22.6 Å². The van der Waals surface area contributed by atoms with E-state index in [9.17, 15) is 14.9 Å². The Bertz CT molecular complexity index is 1180. The van der Waals surface area contributed by atoms with Crippen molar-refractivity contribution < 1.29 is 9.72 Å². The van der Waals surface area contributed by atoms with Gasteiger partial charge in [0.25, 0.3) is 5.69 Å². The van der Waals surface area contributed by atoms with E-state index in [0.29, 0.717) is 16.7 Å². The molecule has 0 heterocycles. The van der Waals surface area contributed by atoms with Crippen LogP contribution in [-0.2, 0) is 4.79 Å². The quantitative estimate of drug-likeness (QED) is 0.263. The summed E-state index contributed by atoms with van der Waals surface area (Å²) in [6.45, 7) is 1.51. The summed E-state index contributed by atoms with van der Waals surface area (Å²) < 4.78 is 0. The van der Waals surface area contributed by atoms with E-state index in [2.05, 4.69) is 23.7 Å². The van der Waals surface area contributed by atoms with Gasteiger partial charge in [-0.1, -0.05) is 53.6 Å². The monoisotopic (exact) mass is 397 g/mol. The van der Waals surface area contributed by atoms with Gasteiger partial charge in [0.2, 0.25) is 0 Å².